The number of hydrogen-bond acceptors (Lipinski definition) is 10. The SMILES string of the molecule is CCCCCCCCC/C=C/C(O)C(COC1OC(CO)C(O)C(O)C1O)NC(=O)CCCCCCC/C=C\CCCCOC(=O)CCCCCCCCCCCCCC. The fraction of sp³-hybridized carbons (Fsp3) is 0.878. The van der Waals surface area contributed by atoms with E-state index in [9.17, 15) is 35.1 Å². The van der Waals surface area contributed by atoms with Gasteiger partial charge in [-0.2, -0.15) is 0 Å². The number of nitrogens with one attached hydrogen (secondary N) is 1. The van der Waals surface area contributed by atoms with Crippen molar-refractivity contribution >= 4 is 11.9 Å². The first-order valence-corrected chi connectivity index (χ1v) is 24.6. The van der Waals surface area contributed by atoms with Crippen LogP contribution >= 0.6 is 0 Å². The molecule has 6 N–H and O–H groups in total. The van der Waals surface area contributed by atoms with Crippen LogP contribution in [0.4, 0.5) is 0 Å². The number of aliphatic hydroxyl groups is 5. The van der Waals surface area contributed by atoms with E-state index < -0.39 is 49.5 Å². The number of esters is 1. The number of hydrogen-bond donors (Lipinski definition) is 6. The largest absolute Gasteiger partial charge is 0.466 e. The van der Waals surface area contributed by atoms with Crippen molar-refractivity contribution in [3.8, 4) is 0 Å². The van der Waals surface area contributed by atoms with E-state index in [2.05, 4.69) is 31.3 Å². The number of aliphatic hydroxyl groups excluding tert-OH is 5. The molecule has 7 atom stereocenters. The van der Waals surface area contributed by atoms with Crippen molar-refractivity contribution in [2.45, 2.75) is 256 Å². The molecule has 352 valence electrons. The maximum absolute atomic E-state index is 12.9. The summed E-state index contributed by atoms with van der Waals surface area (Å²) in [6, 6.07) is -0.828. The maximum atomic E-state index is 12.9. The minimum absolute atomic E-state index is 0.0574. The third-order valence-corrected chi connectivity index (χ3v) is 11.6. The highest BCUT2D eigenvalue weighted by molar-refractivity contribution is 5.76. The van der Waals surface area contributed by atoms with Crippen molar-refractivity contribution in [2.24, 2.45) is 0 Å². The molecule has 11 heteroatoms. The third kappa shape index (κ3) is 30.2. The van der Waals surface area contributed by atoms with Gasteiger partial charge in [-0.15, -0.1) is 0 Å². The molecule has 0 aromatic heterocycles. The number of amides is 1. The molecule has 0 radical (unpaired) electrons. The minimum Gasteiger partial charge on any atom is -0.466 e. The van der Waals surface area contributed by atoms with E-state index >= 15 is 0 Å². The summed E-state index contributed by atoms with van der Waals surface area (Å²) in [6.45, 7) is 4.19. The van der Waals surface area contributed by atoms with E-state index in [0.29, 0.717) is 19.4 Å². The zero-order valence-electron chi connectivity index (χ0n) is 38.2. The second-order valence-corrected chi connectivity index (χ2v) is 17.2. The lowest BCUT2D eigenvalue weighted by Crippen LogP contribution is -2.60. The Labute approximate surface area is 365 Å². The molecule has 1 aliphatic rings. The third-order valence-electron chi connectivity index (χ3n) is 11.6. The van der Waals surface area contributed by atoms with Gasteiger partial charge in [0, 0.05) is 12.8 Å². The molecule has 11 nitrogen and oxygen atoms in total. The van der Waals surface area contributed by atoms with Crippen LogP contribution in [0.25, 0.3) is 0 Å². The summed E-state index contributed by atoms with van der Waals surface area (Å²) in [5, 5.41) is 54.0. The molecular formula is C49H91NO10. The summed E-state index contributed by atoms with van der Waals surface area (Å²) < 4.78 is 16.6. The molecule has 0 aromatic carbocycles. The molecule has 0 saturated carbocycles. The Balaban J connectivity index is 2.20. The molecule has 0 aliphatic carbocycles. The lowest BCUT2D eigenvalue weighted by atomic mass is 9.99. The number of unbranched alkanes of at least 4 members (excludes halogenated alkanes) is 25. The predicted octanol–water partition coefficient (Wildman–Crippen LogP) is 9.44. The van der Waals surface area contributed by atoms with Crippen LogP contribution in [0.1, 0.15) is 213 Å². The molecule has 1 heterocycles. The summed E-state index contributed by atoms with van der Waals surface area (Å²) >= 11 is 0. The summed E-state index contributed by atoms with van der Waals surface area (Å²) in [5.74, 6) is -0.271. The first kappa shape index (κ1) is 56.2. The predicted molar refractivity (Wildman–Crippen MR) is 241 cm³/mol. The summed E-state index contributed by atoms with van der Waals surface area (Å²) in [4.78, 5) is 24.9. The zero-order valence-corrected chi connectivity index (χ0v) is 38.2. The fourth-order valence-electron chi connectivity index (χ4n) is 7.54. The van der Waals surface area contributed by atoms with E-state index in [1.165, 1.54) is 96.3 Å². The zero-order chi connectivity index (χ0) is 43.9. The molecule has 60 heavy (non-hydrogen) atoms. The Morgan fingerprint density at radius 1 is 0.600 bits per heavy atom. The van der Waals surface area contributed by atoms with Crippen molar-refractivity contribution in [1.29, 1.82) is 0 Å². The van der Waals surface area contributed by atoms with Crippen molar-refractivity contribution in [1.82, 2.24) is 5.32 Å². The highest BCUT2D eigenvalue weighted by Crippen LogP contribution is 2.23. The van der Waals surface area contributed by atoms with Crippen LogP contribution in [-0.2, 0) is 23.8 Å². The van der Waals surface area contributed by atoms with E-state index in [-0.39, 0.29) is 18.5 Å². The summed E-state index contributed by atoms with van der Waals surface area (Å²) in [5.41, 5.74) is 0. The molecule has 1 rings (SSSR count). The molecular weight excluding hydrogens is 763 g/mol. The second-order valence-electron chi connectivity index (χ2n) is 17.2. The number of carbonyl (C=O) groups excluding carboxylic acids is 2. The molecule has 0 spiro atoms. The summed E-state index contributed by atoms with van der Waals surface area (Å²) in [6.07, 6.45) is 34.1. The Morgan fingerprint density at radius 2 is 1.07 bits per heavy atom. The molecule has 7 unspecified atom stereocenters. The average molecular weight is 854 g/mol. The number of rotatable bonds is 41. The van der Waals surface area contributed by atoms with Crippen LogP contribution in [-0.4, -0.2) is 100 Å². The lowest BCUT2D eigenvalue weighted by molar-refractivity contribution is -0.302. The average Bonchev–Trinajstić information content (AvgIpc) is 3.24. The van der Waals surface area contributed by atoms with E-state index in [1.807, 2.05) is 6.08 Å². The van der Waals surface area contributed by atoms with Gasteiger partial charge in [-0.1, -0.05) is 167 Å². The number of ether oxygens (including phenoxy) is 3. The van der Waals surface area contributed by atoms with Crippen LogP contribution < -0.4 is 5.32 Å². The van der Waals surface area contributed by atoms with Crippen LogP contribution in [0.2, 0.25) is 0 Å². The van der Waals surface area contributed by atoms with Crippen LogP contribution in [0.5, 0.6) is 0 Å². The van der Waals surface area contributed by atoms with E-state index in [4.69, 9.17) is 14.2 Å². The standard InChI is InChI=1S/C49H91NO10/c1-3-5-7-9-11-13-14-17-21-25-29-33-37-45(54)58-38-34-30-26-22-18-15-16-20-24-28-32-36-44(53)50-41(42(52)35-31-27-23-19-12-10-8-6-4-2)40-59-49-48(57)47(56)46(55)43(39-51)60-49/h18,22,31,35,41-43,46-49,51-52,55-57H,3-17,19-21,23-30,32-34,36-40H2,1-2H3,(H,50,53)/b22-18-,35-31+. The van der Waals surface area contributed by atoms with Crippen molar-refractivity contribution in [3.05, 3.63) is 24.3 Å². The van der Waals surface area contributed by atoms with Crippen molar-refractivity contribution < 1.29 is 49.3 Å². The van der Waals surface area contributed by atoms with Gasteiger partial charge in [0.2, 0.25) is 5.91 Å². The first-order valence-electron chi connectivity index (χ1n) is 24.6. The normalized spacial score (nSPS) is 20.6. The molecule has 1 amide bonds. The topological polar surface area (TPSA) is 175 Å². The highest BCUT2D eigenvalue weighted by atomic mass is 16.7. The van der Waals surface area contributed by atoms with Crippen molar-refractivity contribution in [2.75, 3.05) is 19.8 Å². The quantitative estimate of drug-likeness (QED) is 0.0198. The van der Waals surface area contributed by atoms with Gasteiger partial charge in [0.1, 0.15) is 24.4 Å². The Morgan fingerprint density at radius 3 is 1.60 bits per heavy atom. The molecule has 0 aromatic rings. The van der Waals surface area contributed by atoms with Crippen LogP contribution in [0.3, 0.4) is 0 Å². The van der Waals surface area contributed by atoms with Gasteiger partial charge in [0.15, 0.2) is 6.29 Å². The second kappa shape index (κ2) is 40.0. The van der Waals surface area contributed by atoms with E-state index in [1.54, 1.807) is 6.08 Å². The van der Waals surface area contributed by atoms with Gasteiger partial charge >= 0.3 is 5.97 Å². The Kier molecular flexibility index (Phi) is 37.4. The number of carbonyl (C=O) groups is 2. The Hall–Kier alpha value is -1.86. The molecule has 1 saturated heterocycles. The van der Waals surface area contributed by atoms with E-state index in [0.717, 1.165) is 89.9 Å². The van der Waals surface area contributed by atoms with Gasteiger partial charge in [0.05, 0.1) is 32.0 Å². The monoisotopic (exact) mass is 854 g/mol. The smallest absolute Gasteiger partial charge is 0.305 e. The molecule has 1 fully saturated rings. The van der Waals surface area contributed by atoms with Crippen molar-refractivity contribution in [3.63, 3.8) is 0 Å². The van der Waals surface area contributed by atoms with Gasteiger partial charge < -0.3 is 45.1 Å². The minimum atomic E-state index is -1.58. The van der Waals surface area contributed by atoms with Crippen LogP contribution in [0, 0.1) is 0 Å². The maximum Gasteiger partial charge on any atom is 0.305 e. The van der Waals surface area contributed by atoms with Gasteiger partial charge in [-0.3, -0.25) is 9.59 Å². The molecule has 1 aliphatic heterocycles. The van der Waals surface area contributed by atoms with Crippen LogP contribution in [0.15, 0.2) is 24.3 Å². The number of allylic oxidation sites excluding steroid dienone is 3. The Bertz CT molecular complexity index is 1060. The first-order chi connectivity index (χ1) is 29.2. The lowest BCUT2D eigenvalue weighted by Gasteiger charge is -2.40. The highest BCUT2D eigenvalue weighted by Gasteiger charge is 2.44. The summed E-state index contributed by atoms with van der Waals surface area (Å²) in [7, 11) is 0. The fourth-order valence-corrected chi connectivity index (χ4v) is 7.54. The van der Waals surface area contributed by atoms with Gasteiger partial charge in [-0.25, -0.2) is 0 Å². The van der Waals surface area contributed by atoms with Gasteiger partial charge in [-0.05, 0) is 57.8 Å². The molecule has 0 bridgehead atoms. The van der Waals surface area contributed by atoms with Gasteiger partial charge in [0.25, 0.3) is 0 Å².